The third-order valence-corrected chi connectivity index (χ3v) is 5.02. The lowest BCUT2D eigenvalue weighted by Gasteiger charge is -2.19. The van der Waals surface area contributed by atoms with E-state index in [9.17, 15) is 14.7 Å². The lowest BCUT2D eigenvalue weighted by Crippen LogP contribution is -2.11. The topological polar surface area (TPSA) is 88.8 Å². The predicted octanol–water partition coefficient (Wildman–Crippen LogP) is 4.55. The number of hydrogen-bond acceptors (Lipinski definition) is 4. The molecule has 0 spiro atoms. The Morgan fingerprint density at radius 1 is 1.07 bits per heavy atom. The molecule has 0 amide bonds. The van der Waals surface area contributed by atoms with Gasteiger partial charge in [0, 0.05) is 24.4 Å². The van der Waals surface area contributed by atoms with Crippen LogP contribution in [0, 0.1) is 0 Å². The number of carbonyl (C=O) groups excluding carboxylic acids is 1. The summed E-state index contributed by atoms with van der Waals surface area (Å²) in [6.07, 6.45) is 2.41. The molecule has 0 saturated carbocycles. The fourth-order valence-electron chi connectivity index (χ4n) is 3.39. The average molecular weight is 407 g/mol. The zero-order valence-corrected chi connectivity index (χ0v) is 17.5. The number of benzene rings is 2. The number of rotatable bonds is 6. The predicted molar refractivity (Wildman–Crippen MR) is 116 cm³/mol. The van der Waals surface area contributed by atoms with Gasteiger partial charge in [-0.25, -0.2) is 4.79 Å². The van der Waals surface area contributed by atoms with E-state index in [1.54, 1.807) is 12.3 Å². The van der Waals surface area contributed by atoms with Crippen LogP contribution in [0.25, 0.3) is 16.7 Å². The van der Waals surface area contributed by atoms with E-state index in [0.29, 0.717) is 29.3 Å². The first-order chi connectivity index (χ1) is 14.1. The van der Waals surface area contributed by atoms with Crippen LogP contribution in [0.2, 0.25) is 0 Å². The van der Waals surface area contributed by atoms with Gasteiger partial charge in [-0.3, -0.25) is 4.79 Å². The van der Waals surface area contributed by atoms with Crippen LogP contribution < -0.4 is 4.74 Å². The Balaban J connectivity index is 2.08. The van der Waals surface area contributed by atoms with E-state index < -0.39 is 17.5 Å². The van der Waals surface area contributed by atoms with Gasteiger partial charge in [0.15, 0.2) is 0 Å². The van der Waals surface area contributed by atoms with Crippen molar-refractivity contribution >= 4 is 28.4 Å². The van der Waals surface area contributed by atoms with Crippen LogP contribution in [-0.2, 0) is 21.5 Å². The number of hydrogen-bond donors (Lipinski definition) is 2. The van der Waals surface area contributed by atoms with Gasteiger partial charge >= 0.3 is 5.97 Å². The highest BCUT2D eigenvalue weighted by atomic mass is 16.5. The molecule has 0 fully saturated rings. The Bertz CT molecular complexity index is 1130. The summed E-state index contributed by atoms with van der Waals surface area (Å²) >= 11 is 0. The maximum Gasteiger partial charge on any atom is 0.376 e. The van der Waals surface area contributed by atoms with Crippen molar-refractivity contribution in [1.29, 1.82) is 0 Å². The van der Waals surface area contributed by atoms with E-state index in [4.69, 9.17) is 9.84 Å². The number of carbonyl (C=O) groups is 2. The number of ether oxygens (including phenoxy) is 1. The molecule has 3 aromatic rings. The van der Waals surface area contributed by atoms with Gasteiger partial charge in [0.25, 0.3) is 5.78 Å². The van der Waals surface area contributed by atoms with Crippen LogP contribution in [-0.4, -0.2) is 33.6 Å². The first-order valence-corrected chi connectivity index (χ1v) is 9.55. The van der Waals surface area contributed by atoms with E-state index in [-0.39, 0.29) is 5.41 Å². The van der Waals surface area contributed by atoms with E-state index in [1.165, 1.54) is 12.7 Å². The zero-order chi connectivity index (χ0) is 22.1. The summed E-state index contributed by atoms with van der Waals surface area (Å²) < 4.78 is 7.37. The van der Waals surface area contributed by atoms with Crippen molar-refractivity contribution in [1.82, 2.24) is 4.57 Å². The highest BCUT2D eigenvalue weighted by molar-refractivity contribution is 6.38. The van der Waals surface area contributed by atoms with E-state index in [0.717, 1.165) is 11.1 Å². The summed E-state index contributed by atoms with van der Waals surface area (Å²) in [7, 11) is 1.52. The molecule has 0 aliphatic carbocycles. The van der Waals surface area contributed by atoms with Gasteiger partial charge in [-0.05, 0) is 28.7 Å². The van der Waals surface area contributed by atoms with Gasteiger partial charge in [0.2, 0.25) is 0 Å². The average Bonchev–Trinajstić information content (AvgIpc) is 3.06. The van der Waals surface area contributed by atoms with Gasteiger partial charge in [-0.15, -0.1) is 0 Å². The van der Waals surface area contributed by atoms with Crippen LogP contribution in [0.15, 0.2) is 54.7 Å². The molecule has 0 bridgehead atoms. The Labute approximate surface area is 175 Å². The number of carboxylic acids is 1. The third-order valence-electron chi connectivity index (χ3n) is 5.02. The number of carboxylic acid groups (broad SMARTS) is 1. The van der Waals surface area contributed by atoms with Crippen LogP contribution >= 0.6 is 0 Å². The molecule has 2 N–H and O–H groups in total. The third kappa shape index (κ3) is 4.22. The molecule has 0 saturated heterocycles. The molecular weight excluding hydrogens is 382 g/mol. The van der Waals surface area contributed by atoms with Crippen molar-refractivity contribution in [2.24, 2.45) is 0 Å². The van der Waals surface area contributed by atoms with E-state index in [2.05, 4.69) is 45.0 Å². The molecule has 0 radical (unpaired) electrons. The SMILES string of the molecule is COc1cccc2c1c(/C(O)=C/C(=O)C(=O)O)cn2Cc1ccc(C(C)(C)C)cc1. The molecule has 0 aliphatic rings. The second-order valence-electron chi connectivity index (χ2n) is 8.17. The van der Waals surface area contributed by atoms with Crippen molar-refractivity contribution < 1.29 is 24.5 Å². The van der Waals surface area contributed by atoms with Crippen LogP contribution in [0.3, 0.4) is 0 Å². The number of aliphatic carboxylic acids is 1. The number of nitrogens with zero attached hydrogens (tertiary/aromatic N) is 1. The number of aliphatic hydroxyl groups is 1. The zero-order valence-electron chi connectivity index (χ0n) is 17.5. The Hall–Kier alpha value is -3.54. The highest BCUT2D eigenvalue weighted by Gasteiger charge is 2.19. The lowest BCUT2D eigenvalue weighted by atomic mass is 9.87. The number of ketones is 1. The summed E-state index contributed by atoms with van der Waals surface area (Å²) in [4.78, 5) is 22.4. The quantitative estimate of drug-likeness (QED) is 0.356. The second-order valence-corrected chi connectivity index (χ2v) is 8.17. The second kappa shape index (κ2) is 8.06. The molecule has 30 heavy (non-hydrogen) atoms. The molecule has 3 rings (SSSR count). The lowest BCUT2D eigenvalue weighted by molar-refractivity contribution is -0.146. The van der Waals surface area contributed by atoms with Crippen molar-refractivity contribution in [3.63, 3.8) is 0 Å². The standard InChI is InChI=1S/C24H25NO5/c1-24(2,3)16-10-8-15(9-11-16)13-25-14-17(19(26)12-20(27)23(28)29)22-18(25)6-5-7-21(22)30-4/h5-12,14,26H,13H2,1-4H3,(H,28,29)/b19-12-. The number of aromatic nitrogens is 1. The van der Waals surface area contributed by atoms with Crippen molar-refractivity contribution in [2.75, 3.05) is 7.11 Å². The van der Waals surface area contributed by atoms with Gasteiger partial charge in [-0.1, -0.05) is 51.1 Å². The largest absolute Gasteiger partial charge is 0.507 e. The molecule has 6 heteroatoms. The molecule has 1 heterocycles. The van der Waals surface area contributed by atoms with Crippen molar-refractivity contribution in [3.8, 4) is 5.75 Å². The molecule has 6 nitrogen and oxygen atoms in total. The monoisotopic (exact) mass is 407 g/mol. The Morgan fingerprint density at radius 2 is 1.73 bits per heavy atom. The Kier molecular flexibility index (Phi) is 5.69. The smallest absolute Gasteiger partial charge is 0.376 e. The van der Waals surface area contributed by atoms with Gasteiger partial charge in [0.1, 0.15) is 11.5 Å². The normalized spacial score (nSPS) is 12.2. The first kappa shape index (κ1) is 21.2. The molecule has 0 atom stereocenters. The van der Waals surface area contributed by atoms with Crippen LogP contribution in [0.1, 0.15) is 37.5 Å². The summed E-state index contributed by atoms with van der Waals surface area (Å²) in [5.74, 6) is -2.72. The summed E-state index contributed by atoms with van der Waals surface area (Å²) in [5, 5.41) is 19.9. The van der Waals surface area contributed by atoms with Crippen molar-refractivity contribution in [2.45, 2.75) is 32.7 Å². The highest BCUT2D eigenvalue weighted by Crippen LogP contribution is 2.34. The van der Waals surface area contributed by atoms with Crippen LogP contribution in [0.5, 0.6) is 5.75 Å². The van der Waals surface area contributed by atoms with E-state index >= 15 is 0 Å². The molecule has 1 aromatic heterocycles. The van der Waals surface area contributed by atoms with Crippen molar-refractivity contribution in [3.05, 3.63) is 71.4 Å². The maximum absolute atomic E-state index is 11.6. The minimum absolute atomic E-state index is 0.0620. The van der Waals surface area contributed by atoms with Gasteiger partial charge in [0.05, 0.1) is 18.0 Å². The maximum atomic E-state index is 11.6. The molecule has 156 valence electrons. The van der Waals surface area contributed by atoms with Gasteiger partial charge in [-0.2, -0.15) is 0 Å². The Morgan fingerprint density at radius 3 is 2.30 bits per heavy atom. The number of methoxy groups -OCH3 is 1. The minimum atomic E-state index is -1.63. The molecule has 2 aromatic carbocycles. The van der Waals surface area contributed by atoms with Gasteiger partial charge < -0.3 is 19.5 Å². The molecular formula is C24H25NO5. The first-order valence-electron chi connectivity index (χ1n) is 9.55. The fraction of sp³-hybridized carbons (Fsp3) is 0.250. The summed E-state index contributed by atoms with van der Waals surface area (Å²) in [6.45, 7) is 7.02. The molecule has 0 unspecified atom stereocenters. The number of fused-ring (bicyclic) bond motifs is 1. The van der Waals surface area contributed by atoms with Crippen LogP contribution in [0.4, 0.5) is 0 Å². The minimum Gasteiger partial charge on any atom is -0.507 e. The van der Waals surface area contributed by atoms with E-state index in [1.807, 2.05) is 16.7 Å². The number of aliphatic hydroxyl groups excluding tert-OH is 1. The fourth-order valence-corrected chi connectivity index (χ4v) is 3.39. The summed E-state index contributed by atoms with van der Waals surface area (Å²) in [5.41, 5.74) is 3.50. The summed E-state index contributed by atoms with van der Waals surface area (Å²) in [6, 6.07) is 13.8. The molecule has 0 aliphatic heterocycles.